The number of carbonyl (C=O) groups excluding carboxylic acids is 1. The summed E-state index contributed by atoms with van der Waals surface area (Å²) in [4.78, 5) is 13.7. The first kappa shape index (κ1) is 10.7. The van der Waals surface area contributed by atoms with Crippen LogP contribution in [0.3, 0.4) is 0 Å². The SMILES string of the molecule is CC(=O)c1cc2c(s1)-c1ccccc1CCC2. The summed E-state index contributed by atoms with van der Waals surface area (Å²) in [5.41, 5.74) is 4.10. The Labute approximate surface area is 105 Å². The van der Waals surface area contributed by atoms with E-state index in [0.717, 1.165) is 17.7 Å². The highest BCUT2D eigenvalue weighted by molar-refractivity contribution is 7.17. The Bertz CT molecular complexity index is 580. The number of benzene rings is 1. The van der Waals surface area contributed by atoms with Crippen LogP contribution in [0.1, 0.15) is 34.1 Å². The second kappa shape index (κ2) is 4.11. The van der Waals surface area contributed by atoms with Crippen molar-refractivity contribution in [3.63, 3.8) is 0 Å². The van der Waals surface area contributed by atoms with Gasteiger partial charge in [0.15, 0.2) is 5.78 Å². The summed E-state index contributed by atoms with van der Waals surface area (Å²) < 4.78 is 0. The van der Waals surface area contributed by atoms with Crippen molar-refractivity contribution in [3.05, 3.63) is 46.3 Å². The molecule has 1 nitrogen and oxygen atoms in total. The van der Waals surface area contributed by atoms with Gasteiger partial charge in [-0.05, 0) is 48.9 Å². The lowest BCUT2D eigenvalue weighted by Gasteiger charge is -2.04. The van der Waals surface area contributed by atoms with Crippen molar-refractivity contribution in [1.29, 1.82) is 0 Å². The van der Waals surface area contributed by atoms with Crippen LogP contribution in [0.5, 0.6) is 0 Å². The summed E-state index contributed by atoms with van der Waals surface area (Å²) in [6.45, 7) is 1.65. The Morgan fingerprint density at radius 3 is 2.76 bits per heavy atom. The summed E-state index contributed by atoms with van der Waals surface area (Å²) in [7, 11) is 0. The number of aryl methyl sites for hydroxylation is 2. The molecule has 0 saturated carbocycles. The van der Waals surface area contributed by atoms with Gasteiger partial charge in [0.2, 0.25) is 0 Å². The minimum Gasteiger partial charge on any atom is -0.294 e. The van der Waals surface area contributed by atoms with Gasteiger partial charge in [-0.1, -0.05) is 24.3 Å². The molecule has 0 saturated heterocycles. The molecule has 0 spiro atoms. The fourth-order valence-electron chi connectivity index (χ4n) is 2.45. The Morgan fingerprint density at radius 1 is 1.18 bits per heavy atom. The second-order valence-corrected chi connectivity index (χ2v) is 5.58. The van der Waals surface area contributed by atoms with Crippen molar-refractivity contribution in [2.24, 2.45) is 0 Å². The van der Waals surface area contributed by atoms with Crippen LogP contribution < -0.4 is 0 Å². The molecule has 0 unspecified atom stereocenters. The number of Topliss-reactive ketones (excluding diaryl/α,β-unsaturated/α-hetero) is 1. The van der Waals surface area contributed by atoms with Gasteiger partial charge in [0, 0.05) is 4.88 Å². The monoisotopic (exact) mass is 242 g/mol. The van der Waals surface area contributed by atoms with Crippen molar-refractivity contribution in [3.8, 4) is 10.4 Å². The van der Waals surface area contributed by atoms with E-state index in [1.165, 1.54) is 28.0 Å². The van der Waals surface area contributed by atoms with Crippen LogP contribution in [0.15, 0.2) is 30.3 Å². The van der Waals surface area contributed by atoms with Gasteiger partial charge in [-0.2, -0.15) is 0 Å². The maximum absolute atomic E-state index is 11.5. The topological polar surface area (TPSA) is 17.1 Å². The Balaban J connectivity index is 2.21. The molecule has 0 atom stereocenters. The third kappa shape index (κ3) is 1.83. The van der Waals surface area contributed by atoms with Crippen LogP contribution >= 0.6 is 11.3 Å². The summed E-state index contributed by atoms with van der Waals surface area (Å²) in [6.07, 6.45) is 3.42. The molecule has 1 aromatic heterocycles. The van der Waals surface area contributed by atoms with Gasteiger partial charge in [-0.3, -0.25) is 4.79 Å². The van der Waals surface area contributed by atoms with E-state index >= 15 is 0 Å². The molecular weight excluding hydrogens is 228 g/mol. The first-order chi connectivity index (χ1) is 8.25. The molecule has 1 aliphatic rings. The van der Waals surface area contributed by atoms with E-state index in [1.807, 2.05) is 0 Å². The van der Waals surface area contributed by atoms with Gasteiger partial charge >= 0.3 is 0 Å². The van der Waals surface area contributed by atoms with Gasteiger partial charge in [-0.25, -0.2) is 0 Å². The highest BCUT2D eigenvalue weighted by Crippen LogP contribution is 2.38. The van der Waals surface area contributed by atoms with Crippen LogP contribution in [0.25, 0.3) is 10.4 Å². The van der Waals surface area contributed by atoms with Crippen molar-refractivity contribution in [2.45, 2.75) is 26.2 Å². The lowest BCUT2D eigenvalue weighted by atomic mass is 10.0. The zero-order valence-corrected chi connectivity index (χ0v) is 10.6. The Kier molecular flexibility index (Phi) is 2.60. The van der Waals surface area contributed by atoms with E-state index in [-0.39, 0.29) is 5.78 Å². The molecule has 2 aromatic rings. The maximum atomic E-state index is 11.5. The number of carbonyl (C=O) groups is 1. The highest BCUT2D eigenvalue weighted by Gasteiger charge is 2.18. The van der Waals surface area contributed by atoms with Crippen LogP contribution in [0.2, 0.25) is 0 Å². The zero-order chi connectivity index (χ0) is 11.8. The number of hydrogen-bond acceptors (Lipinski definition) is 2. The fraction of sp³-hybridized carbons (Fsp3) is 0.267. The molecule has 0 bridgehead atoms. The molecule has 1 heterocycles. The number of fused-ring (bicyclic) bond motifs is 3. The molecule has 0 N–H and O–H groups in total. The quantitative estimate of drug-likeness (QED) is 0.688. The molecule has 0 fully saturated rings. The normalized spacial score (nSPS) is 13.7. The highest BCUT2D eigenvalue weighted by atomic mass is 32.1. The molecule has 0 amide bonds. The average Bonchev–Trinajstić information content (AvgIpc) is 2.67. The van der Waals surface area contributed by atoms with Crippen molar-refractivity contribution in [2.75, 3.05) is 0 Å². The summed E-state index contributed by atoms with van der Waals surface area (Å²) in [6, 6.07) is 10.7. The summed E-state index contributed by atoms with van der Waals surface area (Å²) in [5.74, 6) is 0.181. The standard InChI is InChI=1S/C15H14OS/c1-10(16)14-9-12-7-4-6-11-5-2-3-8-13(11)15(12)17-14/h2-3,5,8-9H,4,6-7H2,1H3. The molecule has 0 radical (unpaired) electrons. The van der Waals surface area contributed by atoms with E-state index in [0.29, 0.717) is 0 Å². The smallest absolute Gasteiger partial charge is 0.169 e. The van der Waals surface area contributed by atoms with Crippen LogP contribution in [0, 0.1) is 0 Å². The van der Waals surface area contributed by atoms with E-state index < -0.39 is 0 Å². The third-order valence-electron chi connectivity index (χ3n) is 3.31. The zero-order valence-electron chi connectivity index (χ0n) is 9.82. The summed E-state index contributed by atoms with van der Waals surface area (Å²) in [5, 5.41) is 0. The van der Waals surface area contributed by atoms with Crippen molar-refractivity contribution < 1.29 is 4.79 Å². The van der Waals surface area contributed by atoms with E-state index in [9.17, 15) is 4.79 Å². The Morgan fingerprint density at radius 2 is 1.94 bits per heavy atom. The molecule has 2 heteroatoms. The lowest BCUT2D eigenvalue weighted by molar-refractivity contribution is 0.102. The van der Waals surface area contributed by atoms with Crippen LogP contribution in [-0.2, 0) is 12.8 Å². The number of hydrogen-bond donors (Lipinski definition) is 0. The predicted molar refractivity (Wildman–Crippen MR) is 71.8 cm³/mol. The minimum atomic E-state index is 0.181. The third-order valence-corrected chi connectivity index (χ3v) is 4.62. The van der Waals surface area contributed by atoms with Gasteiger partial charge in [0.05, 0.1) is 4.88 Å². The van der Waals surface area contributed by atoms with Gasteiger partial charge in [-0.15, -0.1) is 11.3 Å². The van der Waals surface area contributed by atoms with E-state index in [2.05, 4.69) is 30.3 Å². The summed E-state index contributed by atoms with van der Waals surface area (Å²) >= 11 is 1.65. The molecular formula is C15H14OS. The number of rotatable bonds is 1. The largest absolute Gasteiger partial charge is 0.294 e. The van der Waals surface area contributed by atoms with Crippen LogP contribution in [-0.4, -0.2) is 5.78 Å². The van der Waals surface area contributed by atoms with Gasteiger partial charge < -0.3 is 0 Å². The molecule has 0 aliphatic heterocycles. The van der Waals surface area contributed by atoms with Crippen LogP contribution in [0.4, 0.5) is 0 Å². The van der Waals surface area contributed by atoms with Crippen molar-refractivity contribution in [1.82, 2.24) is 0 Å². The van der Waals surface area contributed by atoms with Crippen molar-refractivity contribution >= 4 is 17.1 Å². The number of ketones is 1. The van der Waals surface area contributed by atoms with E-state index in [1.54, 1.807) is 18.3 Å². The first-order valence-electron chi connectivity index (χ1n) is 5.97. The predicted octanol–water partition coefficient (Wildman–Crippen LogP) is 4.11. The maximum Gasteiger partial charge on any atom is 0.169 e. The molecule has 3 rings (SSSR count). The molecule has 17 heavy (non-hydrogen) atoms. The second-order valence-electron chi connectivity index (χ2n) is 4.53. The molecule has 1 aromatic carbocycles. The molecule has 1 aliphatic carbocycles. The number of thiophene rings is 1. The first-order valence-corrected chi connectivity index (χ1v) is 6.79. The lowest BCUT2D eigenvalue weighted by Crippen LogP contribution is -1.87. The van der Waals surface area contributed by atoms with E-state index in [4.69, 9.17) is 0 Å². The minimum absolute atomic E-state index is 0.181. The van der Waals surface area contributed by atoms with Gasteiger partial charge in [0.1, 0.15) is 0 Å². The van der Waals surface area contributed by atoms with Gasteiger partial charge in [0.25, 0.3) is 0 Å². The fourth-order valence-corrected chi connectivity index (χ4v) is 3.61. The average molecular weight is 242 g/mol. The molecule has 86 valence electrons. The Hall–Kier alpha value is -1.41.